The summed E-state index contributed by atoms with van der Waals surface area (Å²) in [6.45, 7) is 3.54. The molecule has 1 amide bonds. The smallest absolute Gasteiger partial charge is 0.419 e. The quantitative estimate of drug-likeness (QED) is 0.893. The van der Waals surface area contributed by atoms with Crippen LogP contribution in [0.3, 0.4) is 0 Å². The lowest BCUT2D eigenvalue weighted by molar-refractivity contribution is -0.144. The highest BCUT2D eigenvalue weighted by atomic mass is 19.4. The molecule has 0 saturated carbocycles. The Hall–Kier alpha value is -1.76. The maximum atomic E-state index is 13.0. The normalized spacial score (nSPS) is 19.9. The number of rotatable bonds is 5. The molecule has 2 unspecified atom stereocenters. The van der Waals surface area contributed by atoms with E-state index in [0.717, 1.165) is 25.5 Å². The third kappa shape index (κ3) is 4.63. The molecule has 7 heteroatoms. The number of para-hydroxylation sites is 1. The zero-order valence-corrected chi connectivity index (χ0v) is 13.9. The highest BCUT2D eigenvalue weighted by Crippen LogP contribution is 2.36. The fraction of sp³-hybridized carbons (Fsp3) is 0.588. The number of carbonyl (C=O) groups excluding carboxylic acids is 1. The Kier molecular flexibility index (Phi) is 6.10. The molecule has 0 spiro atoms. The first-order valence-electron chi connectivity index (χ1n) is 8.09. The lowest BCUT2D eigenvalue weighted by atomic mass is 9.97. The summed E-state index contributed by atoms with van der Waals surface area (Å²) in [5, 5.41) is 3.10. The topological polar surface area (TPSA) is 41.6 Å². The van der Waals surface area contributed by atoms with Crippen LogP contribution >= 0.6 is 0 Å². The van der Waals surface area contributed by atoms with Gasteiger partial charge in [0.1, 0.15) is 5.75 Å². The van der Waals surface area contributed by atoms with Gasteiger partial charge in [-0.3, -0.25) is 4.79 Å². The van der Waals surface area contributed by atoms with E-state index in [1.54, 1.807) is 4.90 Å². The number of alkyl halides is 3. The molecule has 1 aliphatic rings. The number of ether oxygens (including phenoxy) is 1. The molecule has 24 heavy (non-hydrogen) atoms. The number of carbonyl (C=O) groups is 1. The molecule has 0 radical (unpaired) electrons. The Bertz CT molecular complexity index is 561. The molecule has 0 aliphatic carbocycles. The number of nitrogens with zero attached hydrogens (tertiary/aromatic N) is 1. The summed E-state index contributed by atoms with van der Waals surface area (Å²) in [6.07, 6.45) is -3.54. The maximum Gasteiger partial charge on any atom is 0.419 e. The van der Waals surface area contributed by atoms with Crippen LogP contribution < -0.4 is 10.1 Å². The van der Waals surface area contributed by atoms with Gasteiger partial charge in [-0.1, -0.05) is 12.1 Å². The van der Waals surface area contributed by atoms with Crippen molar-refractivity contribution in [2.45, 2.75) is 32.0 Å². The Balaban J connectivity index is 2.04. The van der Waals surface area contributed by atoms with Gasteiger partial charge in [0.05, 0.1) is 5.56 Å². The fourth-order valence-electron chi connectivity index (χ4n) is 3.02. The summed E-state index contributed by atoms with van der Waals surface area (Å²) >= 11 is 0. The van der Waals surface area contributed by atoms with E-state index in [1.807, 2.05) is 7.05 Å². The molecular formula is C17H23F3N2O2. The van der Waals surface area contributed by atoms with Crippen LogP contribution in [-0.4, -0.2) is 43.6 Å². The number of benzene rings is 1. The monoisotopic (exact) mass is 344 g/mol. The Morgan fingerprint density at radius 2 is 2.12 bits per heavy atom. The van der Waals surface area contributed by atoms with Crippen molar-refractivity contribution in [2.24, 2.45) is 5.92 Å². The minimum absolute atomic E-state index is 0.271. The van der Waals surface area contributed by atoms with E-state index in [4.69, 9.17) is 4.74 Å². The van der Waals surface area contributed by atoms with Crippen molar-refractivity contribution >= 4 is 5.91 Å². The van der Waals surface area contributed by atoms with E-state index in [-0.39, 0.29) is 11.7 Å². The second-order valence-electron chi connectivity index (χ2n) is 6.10. The minimum atomic E-state index is -4.51. The first kappa shape index (κ1) is 18.6. The van der Waals surface area contributed by atoms with Gasteiger partial charge in [-0.15, -0.1) is 0 Å². The van der Waals surface area contributed by atoms with Crippen LogP contribution in [0.1, 0.15) is 25.3 Å². The minimum Gasteiger partial charge on any atom is -0.480 e. The van der Waals surface area contributed by atoms with Crippen molar-refractivity contribution in [3.63, 3.8) is 0 Å². The number of likely N-dealkylation sites (tertiary alicyclic amines) is 1. The van der Waals surface area contributed by atoms with Crippen molar-refractivity contribution < 1.29 is 22.7 Å². The molecule has 134 valence electrons. The van der Waals surface area contributed by atoms with E-state index in [1.165, 1.54) is 25.1 Å². The van der Waals surface area contributed by atoms with Crippen LogP contribution in [0.4, 0.5) is 13.2 Å². The van der Waals surface area contributed by atoms with E-state index in [2.05, 4.69) is 5.32 Å². The van der Waals surface area contributed by atoms with Gasteiger partial charge in [0, 0.05) is 13.1 Å². The zero-order valence-electron chi connectivity index (χ0n) is 13.9. The second kappa shape index (κ2) is 7.88. The largest absolute Gasteiger partial charge is 0.480 e. The average molecular weight is 344 g/mol. The number of piperidine rings is 1. The van der Waals surface area contributed by atoms with Gasteiger partial charge in [-0.2, -0.15) is 13.2 Å². The average Bonchev–Trinajstić information content (AvgIpc) is 2.54. The lowest BCUT2D eigenvalue weighted by Gasteiger charge is -2.34. The molecule has 1 fully saturated rings. The molecular weight excluding hydrogens is 321 g/mol. The summed E-state index contributed by atoms with van der Waals surface area (Å²) in [5.74, 6) is -0.218. The molecule has 2 atom stereocenters. The Morgan fingerprint density at radius 1 is 1.42 bits per heavy atom. The van der Waals surface area contributed by atoms with Crippen molar-refractivity contribution in [1.82, 2.24) is 10.2 Å². The van der Waals surface area contributed by atoms with Crippen LogP contribution in [0.2, 0.25) is 0 Å². The maximum absolute atomic E-state index is 13.0. The SMILES string of the molecule is CNCC1CCCN(C(=O)C(C)Oc2ccccc2C(F)(F)F)C1. The van der Waals surface area contributed by atoms with Gasteiger partial charge in [0.15, 0.2) is 6.10 Å². The summed E-state index contributed by atoms with van der Waals surface area (Å²) in [5.41, 5.74) is -0.864. The summed E-state index contributed by atoms with van der Waals surface area (Å²) in [4.78, 5) is 14.2. The van der Waals surface area contributed by atoms with Gasteiger partial charge < -0.3 is 15.0 Å². The highest BCUT2D eigenvalue weighted by molar-refractivity contribution is 5.81. The third-order valence-electron chi connectivity index (χ3n) is 4.17. The number of amides is 1. The predicted molar refractivity (Wildman–Crippen MR) is 84.8 cm³/mol. The molecule has 4 nitrogen and oxygen atoms in total. The van der Waals surface area contributed by atoms with Gasteiger partial charge in [-0.05, 0) is 51.4 Å². The van der Waals surface area contributed by atoms with Crippen molar-refractivity contribution in [1.29, 1.82) is 0 Å². The lowest BCUT2D eigenvalue weighted by Crippen LogP contribution is -2.47. The van der Waals surface area contributed by atoms with E-state index >= 15 is 0 Å². The van der Waals surface area contributed by atoms with Gasteiger partial charge in [0.25, 0.3) is 5.91 Å². The summed E-state index contributed by atoms with van der Waals surface area (Å²) < 4.78 is 44.4. The molecule has 1 aromatic carbocycles. The molecule has 1 aliphatic heterocycles. The first-order chi connectivity index (χ1) is 11.3. The van der Waals surface area contributed by atoms with Crippen LogP contribution in [0.25, 0.3) is 0 Å². The van der Waals surface area contributed by atoms with E-state index in [0.29, 0.717) is 19.0 Å². The molecule has 0 bridgehead atoms. The van der Waals surface area contributed by atoms with Crippen LogP contribution in [0.5, 0.6) is 5.75 Å². The second-order valence-corrected chi connectivity index (χ2v) is 6.10. The predicted octanol–water partition coefficient (Wildman–Crippen LogP) is 2.93. The van der Waals surface area contributed by atoms with Crippen LogP contribution in [0.15, 0.2) is 24.3 Å². The number of hydrogen-bond donors (Lipinski definition) is 1. The van der Waals surface area contributed by atoms with Crippen molar-refractivity contribution in [3.8, 4) is 5.75 Å². The van der Waals surface area contributed by atoms with Crippen molar-refractivity contribution in [2.75, 3.05) is 26.7 Å². The summed E-state index contributed by atoms with van der Waals surface area (Å²) in [7, 11) is 1.86. The van der Waals surface area contributed by atoms with E-state index in [9.17, 15) is 18.0 Å². The van der Waals surface area contributed by atoms with E-state index < -0.39 is 17.8 Å². The van der Waals surface area contributed by atoms with Crippen LogP contribution in [-0.2, 0) is 11.0 Å². The fourth-order valence-corrected chi connectivity index (χ4v) is 3.02. The number of nitrogens with one attached hydrogen (secondary N) is 1. The molecule has 1 saturated heterocycles. The van der Waals surface area contributed by atoms with Crippen LogP contribution in [0, 0.1) is 5.92 Å². The Morgan fingerprint density at radius 3 is 2.79 bits per heavy atom. The summed E-state index contributed by atoms with van der Waals surface area (Å²) in [6, 6.07) is 4.96. The van der Waals surface area contributed by atoms with Gasteiger partial charge in [-0.25, -0.2) is 0 Å². The molecule has 1 N–H and O–H groups in total. The third-order valence-corrected chi connectivity index (χ3v) is 4.17. The zero-order chi connectivity index (χ0) is 17.7. The van der Waals surface area contributed by atoms with Gasteiger partial charge in [0.2, 0.25) is 0 Å². The number of hydrogen-bond acceptors (Lipinski definition) is 3. The van der Waals surface area contributed by atoms with Crippen molar-refractivity contribution in [3.05, 3.63) is 29.8 Å². The molecule has 1 aromatic rings. The molecule has 2 rings (SSSR count). The Labute approximate surface area is 140 Å². The van der Waals surface area contributed by atoms with Gasteiger partial charge >= 0.3 is 6.18 Å². The first-order valence-corrected chi connectivity index (χ1v) is 8.09. The number of halogens is 3. The standard InChI is InChI=1S/C17H23F3N2O2/c1-12(16(23)22-9-5-6-13(11-22)10-21-2)24-15-8-4-3-7-14(15)17(18,19)20/h3-4,7-8,12-13,21H,5-6,9-11H2,1-2H3. The highest BCUT2D eigenvalue weighted by Gasteiger charge is 2.35. The molecule has 0 aromatic heterocycles. The molecule has 1 heterocycles.